The van der Waals surface area contributed by atoms with E-state index in [4.69, 9.17) is 4.74 Å². The molecule has 0 bridgehead atoms. The highest BCUT2D eigenvalue weighted by molar-refractivity contribution is 5.87. The van der Waals surface area contributed by atoms with Crippen molar-refractivity contribution in [1.29, 1.82) is 0 Å². The quantitative estimate of drug-likeness (QED) is 0.830. The average Bonchev–Trinajstić information content (AvgIpc) is 2.94. The van der Waals surface area contributed by atoms with Gasteiger partial charge in [-0.15, -0.1) is 5.92 Å². The van der Waals surface area contributed by atoms with Gasteiger partial charge in [0.05, 0.1) is 0 Å². The highest BCUT2D eigenvalue weighted by Gasteiger charge is 2.34. The van der Waals surface area contributed by atoms with Crippen molar-refractivity contribution in [1.82, 2.24) is 5.32 Å². The highest BCUT2D eigenvalue weighted by Crippen LogP contribution is 2.44. The van der Waals surface area contributed by atoms with Crippen LogP contribution in [-0.4, -0.2) is 29.3 Å². The van der Waals surface area contributed by atoms with Crippen molar-refractivity contribution < 1.29 is 19.4 Å². The van der Waals surface area contributed by atoms with Crippen LogP contribution in [0.3, 0.4) is 0 Å². The lowest BCUT2D eigenvalue weighted by atomic mass is 9.98. The fourth-order valence-corrected chi connectivity index (χ4v) is 3.23. The highest BCUT2D eigenvalue weighted by atomic mass is 16.5. The Balaban J connectivity index is 1.77. The van der Waals surface area contributed by atoms with Gasteiger partial charge >= 0.3 is 12.1 Å². The Morgan fingerprint density at radius 2 is 1.65 bits per heavy atom. The number of fused-ring (bicyclic) bond motifs is 3. The maximum atomic E-state index is 12.2. The zero-order chi connectivity index (χ0) is 18.7. The molecule has 0 saturated carbocycles. The Bertz CT molecular complexity index is 879. The summed E-state index contributed by atoms with van der Waals surface area (Å²) in [5.41, 5.74) is 2.76. The second kappa shape index (κ2) is 6.93. The summed E-state index contributed by atoms with van der Waals surface area (Å²) in [7, 11) is 0. The van der Waals surface area contributed by atoms with Crippen LogP contribution in [0.2, 0.25) is 0 Å². The van der Waals surface area contributed by atoms with Gasteiger partial charge in [0.2, 0.25) is 0 Å². The molecule has 132 valence electrons. The van der Waals surface area contributed by atoms with E-state index in [1.54, 1.807) is 0 Å². The van der Waals surface area contributed by atoms with Crippen LogP contribution in [0, 0.1) is 11.8 Å². The number of nitrogens with one attached hydrogen (secondary N) is 1. The van der Waals surface area contributed by atoms with E-state index < -0.39 is 17.6 Å². The van der Waals surface area contributed by atoms with E-state index in [0.717, 1.165) is 22.3 Å². The van der Waals surface area contributed by atoms with Gasteiger partial charge in [-0.25, -0.2) is 9.59 Å². The molecule has 0 aliphatic heterocycles. The Labute approximate surface area is 152 Å². The van der Waals surface area contributed by atoms with Crippen LogP contribution in [0.25, 0.3) is 11.1 Å². The van der Waals surface area contributed by atoms with Gasteiger partial charge in [-0.2, -0.15) is 0 Å². The van der Waals surface area contributed by atoms with Crippen LogP contribution in [0.1, 0.15) is 30.9 Å². The predicted octanol–water partition coefficient (Wildman–Crippen LogP) is 3.39. The first-order valence-corrected chi connectivity index (χ1v) is 8.26. The topological polar surface area (TPSA) is 75.6 Å². The lowest BCUT2D eigenvalue weighted by Crippen LogP contribution is -2.51. The Morgan fingerprint density at radius 3 is 2.15 bits per heavy atom. The number of rotatable bonds is 4. The molecule has 0 saturated heterocycles. The molecule has 1 atom stereocenters. The molecule has 1 amide bonds. The summed E-state index contributed by atoms with van der Waals surface area (Å²) in [6.45, 7) is 2.96. The number of amides is 1. The fourth-order valence-electron chi connectivity index (χ4n) is 3.23. The van der Waals surface area contributed by atoms with Crippen LogP contribution >= 0.6 is 0 Å². The van der Waals surface area contributed by atoms with Gasteiger partial charge in [0.25, 0.3) is 0 Å². The summed E-state index contributed by atoms with van der Waals surface area (Å²) >= 11 is 0. The van der Waals surface area contributed by atoms with E-state index in [2.05, 4.69) is 17.2 Å². The third-order valence-electron chi connectivity index (χ3n) is 4.50. The molecule has 0 radical (unpaired) electrons. The third kappa shape index (κ3) is 3.14. The van der Waals surface area contributed by atoms with Crippen molar-refractivity contribution >= 4 is 12.1 Å². The second-order valence-electron chi connectivity index (χ2n) is 6.26. The third-order valence-corrected chi connectivity index (χ3v) is 4.50. The van der Waals surface area contributed by atoms with Gasteiger partial charge in [-0.3, -0.25) is 5.32 Å². The zero-order valence-electron chi connectivity index (χ0n) is 14.6. The number of carbonyl (C=O) groups excluding carboxylic acids is 1. The molecule has 2 N–H and O–H groups in total. The molecular formula is C21H19NO4. The number of carboxylic acid groups (broad SMARTS) is 1. The number of carbonyl (C=O) groups is 2. The number of alkyl carbamates (subject to hydrolysis) is 1. The SMILES string of the molecule is CC#C[C@](C)(NC(=O)OCC1c2ccccc2-c2ccccc21)C(=O)O. The Hall–Kier alpha value is -3.26. The van der Waals surface area contributed by atoms with Crippen molar-refractivity contribution in [2.75, 3.05) is 6.61 Å². The second-order valence-corrected chi connectivity index (χ2v) is 6.26. The molecule has 1 aliphatic carbocycles. The standard InChI is InChI=1S/C21H19NO4/c1-3-12-21(2,19(23)24)22-20(25)26-13-18-16-10-6-4-8-14(16)15-9-5-7-11-17(15)18/h4-11,18H,13H2,1-2H3,(H,22,25)(H,23,24)/t21-/m0/s1. The molecule has 26 heavy (non-hydrogen) atoms. The minimum Gasteiger partial charge on any atom is -0.479 e. The fraction of sp³-hybridized carbons (Fsp3) is 0.238. The summed E-state index contributed by atoms with van der Waals surface area (Å²) in [6, 6.07) is 16.0. The molecule has 5 nitrogen and oxygen atoms in total. The summed E-state index contributed by atoms with van der Waals surface area (Å²) in [4.78, 5) is 23.5. The maximum absolute atomic E-state index is 12.2. The molecule has 2 aromatic rings. The maximum Gasteiger partial charge on any atom is 0.408 e. The number of ether oxygens (including phenoxy) is 1. The van der Waals surface area contributed by atoms with E-state index >= 15 is 0 Å². The molecular weight excluding hydrogens is 330 g/mol. The van der Waals surface area contributed by atoms with Gasteiger partial charge in [-0.05, 0) is 36.1 Å². The summed E-state index contributed by atoms with van der Waals surface area (Å²) < 4.78 is 5.35. The first-order chi connectivity index (χ1) is 12.5. The van der Waals surface area contributed by atoms with Crippen molar-refractivity contribution in [3.8, 4) is 23.0 Å². The predicted molar refractivity (Wildman–Crippen MR) is 97.7 cm³/mol. The van der Waals surface area contributed by atoms with E-state index in [-0.39, 0.29) is 12.5 Å². The van der Waals surface area contributed by atoms with Gasteiger partial charge < -0.3 is 9.84 Å². The largest absolute Gasteiger partial charge is 0.479 e. The van der Waals surface area contributed by atoms with Crippen LogP contribution < -0.4 is 5.32 Å². The van der Waals surface area contributed by atoms with Gasteiger partial charge in [0.1, 0.15) is 6.61 Å². The first-order valence-electron chi connectivity index (χ1n) is 8.26. The normalized spacial score (nSPS) is 14.2. The lowest BCUT2D eigenvalue weighted by molar-refractivity contribution is -0.141. The number of hydrogen-bond acceptors (Lipinski definition) is 3. The van der Waals surface area contributed by atoms with Crippen LogP contribution in [0.5, 0.6) is 0 Å². The molecule has 3 rings (SSSR count). The van der Waals surface area contributed by atoms with Crippen molar-refractivity contribution in [3.63, 3.8) is 0 Å². The Morgan fingerprint density at radius 1 is 1.12 bits per heavy atom. The summed E-state index contributed by atoms with van der Waals surface area (Å²) in [6.07, 6.45) is -0.806. The first kappa shape index (κ1) is 17.6. The minimum absolute atomic E-state index is 0.0820. The minimum atomic E-state index is -1.68. The van der Waals surface area contributed by atoms with E-state index in [0.29, 0.717) is 0 Å². The molecule has 5 heteroatoms. The number of hydrogen-bond donors (Lipinski definition) is 2. The zero-order valence-corrected chi connectivity index (χ0v) is 14.6. The van der Waals surface area contributed by atoms with Crippen molar-refractivity contribution in [2.45, 2.75) is 25.3 Å². The number of carboxylic acids is 1. The monoisotopic (exact) mass is 349 g/mol. The van der Waals surface area contributed by atoms with Crippen molar-refractivity contribution in [3.05, 3.63) is 59.7 Å². The van der Waals surface area contributed by atoms with E-state index in [1.807, 2.05) is 48.5 Å². The van der Waals surface area contributed by atoms with Crippen LogP contribution in [-0.2, 0) is 9.53 Å². The number of benzene rings is 2. The summed E-state index contributed by atoms with van der Waals surface area (Å²) in [5.74, 6) is 3.69. The van der Waals surface area contributed by atoms with Crippen LogP contribution in [0.4, 0.5) is 4.79 Å². The van der Waals surface area contributed by atoms with E-state index in [1.165, 1.54) is 13.8 Å². The molecule has 0 spiro atoms. The van der Waals surface area contributed by atoms with E-state index in [9.17, 15) is 14.7 Å². The summed E-state index contributed by atoms with van der Waals surface area (Å²) in [5, 5.41) is 11.6. The molecule has 0 heterocycles. The smallest absolute Gasteiger partial charge is 0.408 e. The van der Waals surface area contributed by atoms with Crippen LogP contribution in [0.15, 0.2) is 48.5 Å². The lowest BCUT2D eigenvalue weighted by Gasteiger charge is -2.21. The average molecular weight is 349 g/mol. The molecule has 0 fully saturated rings. The molecule has 1 aliphatic rings. The van der Waals surface area contributed by atoms with Gasteiger partial charge in [0, 0.05) is 5.92 Å². The Kier molecular flexibility index (Phi) is 4.68. The van der Waals surface area contributed by atoms with Gasteiger partial charge in [0.15, 0.2) is 5.54 Å². The van der Waals surface area contributed by atoms with Gasteiger partial charge in [-0.1, -0.05) is 54.5 Å². The molecule has 0 unspecified atom stereocenters. The molecule has 2 aromatic carbocycles. The number of aliphatic carboxylic acids is 1. The van der Waals surface area contributed by atoms with Crippen molar-refractivity contribution in [2.24, 2.45) is 0 Å². The molecule has 0 aromatic heterocycles.